The number of amides is 1. The van der Waals surface area contributed by atoms with Crippen molar-refractivity contribution in [2.24, 2.45) is 0 Å². The Morgan fingerprint density at radius 3 is 2.96 bits per heavy atom. The molecule has 0 aliphatic heterocycles. The van der Waals surface area contributed by atoms with Crippen LogP contribution in [-0.2, 0) is 17.8 Å². The Balaban J connectivity index is 1.47. The van der Waals surface area contributed by atoms with E-state index < -0.39 is 0 Å². The van der Waals surface area contributed by atoms with E-state index in [0.717, 1.165) is 0 Å². The first-order valence-corrected chi connectivity index (χ1v) is 8.98. The molecule has 0 saturated heterocycles. The lowest BCUT2D eigenvalue weighted by Crippen LogP contribution is -2.32. The van der Waals surface area contributed by atoms with Crippen molar-refractivity contribution in [1.82, 2.24) is 25.1 Å². The van der Waals surface area contributed by atoms with Gasteiger partial charge in [0, 0.05) is 30.4 Å². The molecule has 3 heterocycles. The average Bonchev–Trinajstić information content (AvgIpc) is 3.05. The van der Waals surface area contributed by atoms with Crippen molar-refractivity contribution >= 4 is 39.8 Å². The lowest BCUT2D eigenvalue weighted by molar-refractivity contribution is -0.120. The Kier molecular flexibility index (Phi) is 5.92. The van der Waals surface area contributed by atoms with Crippen LogP contribution in [0.3, 0.4) is 0 Å². The van der Waals surface area contributed by atoms with Gasteiger partial charge in [0.15, 0.2) is 5.13 Å². The van der Waals surface area contributed by atoms with E-state index in [1.165, 1.54) is 28.3 Å². The van der Waals surface area contributed by atoms with Crippen LogP contribution >= 0.6 is 22.9 Å². The van der Waals surface area contributed by atoms with Crippen molar-refractivity contribution in [3.05, 3.63) is 63.1 Å². The van der Waals surface area contributed by atoms with Gasteiger partial charge in [0.1, 0.15) is 5.82 Å². The minimum Gasteiger partial charge on any atom is -0.354 e. The van der Waals surface area contributed by atoms with Gasteiger partial charge in [0.25, 0.3) is 5.56 Å². The molecule has 2 N–H and O–H groups in total. The number of aromatic nitrogens is 4. The van der Waals surface area contributed by atoms with Crippen LogP contribution in [-0.4, -0.2) is 32.2 Å². The largest absolute Gasteiger partial charge is 0.354 e. The van der Waals surface area contributed by atoms with Crippen LogP contribution in [0.15, 0.2) is 46.8 Å². The zero-order chi connectivity index (χ0) is 18.4. The van der Waals surface area contributed by atoms with Gasteiger partial charge in [-0.15, -0.1) is 11.3 Å². The van der Waals surface area contributed by atoms with E-state index in [9.17, 15) is 9.59 Å². The lowest BCUT2D eigenvalue weighted by Gasteiger charge is -2.05. The molecule has 0 aromatic carbocycles. The molecule has 0 fully saturated rings. The van der Waals surface area contributed by atoms with Gasteiger partial charge >= 0.3 is 0 Å². The van der Waals surface area contributed by atoms with Gasteiger partial charge < -0.3 is 10.6 Å². The standard InChI is InChI=1S/C16H15ClN6O2S/c17-11-3-4-13(19-9-11)22-16-21-12(10-26-16)8-14(24)18-6-7-23-15(25)2-1-5-20-23/h1-5,9-10H,6-8H2,(H,18,24)(H,19,21,22). The van der Waals surface area contributed by atoms with E-state index in [-0.39, 0.29) is 17.9 Å². The molecule has 0 atom stereocenters. The first-order valence-electron chi connectivity index (χ1n) is 7.72. The molecule has 3 aromatic heterocycles. The van der Waals surface area contributed by atoms with Gasteiger partial charge in [-0.25, -0.2) is 14.6 Å². The number of nitrogens with one attached hydrogen (secondary N) is 2. The summed E-state index contributed by atoms with van der Waals surface area (Å²) in [5.41, 5.74) is 0.451. The van der Waals surface area contributed by atoms with Crippen LogP contribution in [0, 0.1) is 0 Å². The Morgan fingerprint density at radius 1 is 1.31 bits per heavy atom. The fourth-order valence-corrected chi connectivity index (χ4v) is 2.92. The fourth-order valence-electron chi connectivity index (χ4n) is 2.09. The molecule has 0 bridgehead atoms. The van der Waals surface area contributed by atoms with Gasteiger partial charge in [-0.05, 0) is 18.2 Å². The number of pyridine rings is 1. The summed E-state index contributed by atoms with van der Waals surface area (Å²) in [5.74, 6) is 0.455. The summed E-state index contributed by atoms with van der Waals surface area (Å²) in [6.07, 6.45) is 3.23. The second-order valence-electron chi connectivity index (χ2n) is 5.24. The zero-order valence-electron chi connectivity index (χ0n) is 13.6. The molecule has 0 saturated carbocycles. The highest BCUT2D eigenvalue weighted by Crippen LogP contribution is 2.20. The molecule has 0 aliphatic carbocycles. The minimum atomic E-state index is -0.201. The summed E-state index contributed by atoms with van der Waals surface area (Å²) in [5, 5.41) is 12.7. The summed E-state index contributed by atoms with van der Waals surface area (Å²) >= 11 is 7.18. The van der Waals surface area contributed by atoms with E-state index >= 15 is 0 Å². The normalized spacial score (nSPS) is 10.5. The Bertz CT molecular complexity index is 940. The quantitative estimate of drug-likeness (QED) is 0.638. The third kappa shape index (κ3) is 5.11. The molecular formula is C16H15ClN6O2S. The summed E-state index contributed by atoms with van der Waals surface area (Å²) < 4.78 is 1.30. The maximum Gasteiger partial charge on any atom is 0.266 e. The number of carbonyl (C=O) groups is 1. The second kappa shape index (κ2) is 8.54. The molecular weight excluding hydrogens is 376 g/mol. The molecule has 3 aromatic rings. The smallest absolute Gasteiger partial charge is 0.266 e. The summed E-state index contributed by atoms with van der Waals surface area (Å²) in [6, 6.07) is 6.47. The van der Waals surface area contributed by atoms with Crippen molar-refractivity contribution in [3.8, 4) is 0 Å². The number of halogens is 1. The van der Waals surface area contributed by atoms with E-state index in [1.54, 1.807) is 29.8 Å². The number of rotatable bonds is 7. The molecule has 1 amide bonds. The van der Waals surface area contributed by atoms with Crippen LogP contribution in [0.25, 0.3) is 0 Å². The van der Waals surface area contributed by atoms with Crippen molar-refractivity contribution < 1.29 is 4.79 Å². The van der Waals surface area contributed by atoms with Gasteiger partial charge in [0.05, 0.1) is 23.7 Å². The second-order valence-corrected chi connectivity index (χ2v) is 6.54. The Labute approximate surface area is 157 Å². The van der Waals surface area contributed by atoms with E-state index in [0.29, 0.717) is 34.8 Å². The molecule has 0 radical (unpaired) electrons. The maximum atomic E-state index is 12.0. The van der Waals surface area contributed by atoms with Crippen molar-refractivity contribution in [2.75, 3.05) is 11.9 Å². The van der Waals surface area contributed by atoms with Gasteiger partial charge in [-0.2, -0.15) is 5.10 Å². The molecule has 134 valence electrons. The van der Waals surface area contributed by atoms with Crippen molar-refractivity contribution in [2.45, 2.75) is 13.0 Å². The van der Waals surface area contributed by atoms with Crippen molar-refractivity contribution in [1.29, 1.82) is 0 Å². The van der Waals surface area contributed by atoms with Crippen LogP contribution in [0.5, 0.6) is 0 Å². The van der Waals surface area contributed by atoms with Crippen LogP contribution in [0.2, 0.25) is 5.02 Å². The SMILES string of the molecule is O=C(Cc1csc(Nc2ccc(Cl)cn2)n1)NCCn1ncccc1=O. The minimum absolute atomic E-state index is 0.156. The maximum absolute atomic E-state index is 12.0. The number of carbonyl (C=O) groups excluding carboxylic acids is 1. The average molecular weight is 391 g/mol. The summed E-state index contributed by atoms with van der Waals surface area (Å²) in [6.45, 7) is 0.636. The van der Waals surface area contributed by atoms with Crippen LogP contribution < -0.4 is 16.2 Å². The monoisotopic (exact) mass is 390 g/mol. The molecule has 8 nitrogen and oxygen atoms in total. The first kappa shape index (κ1) is 18.0. The number of thiazole rings is 1. The third-order valence-corrected chi connectivity index (χ3v) is 4.32. The van der Waals surface area contributed by atoms with Crippen LogP contribution in [0.4, 0.5) is 10.9 Å². The molecule has 10 heteroatoms. The molecule has 26 heavy (non-hydrogen) atoms. The van der Waals surface area contributed by atoms with E-state index in [2.05, 4.69) is 25.7 Å². The lowest BCUT2D eigenvalue weighted by atomic mass is 10.3. The number of anilines is 2. The number of hydrogen-bond acceptors (Lipinski definition) is 7. The predicted octanol–water partition coefficient (Wildman–Crippen LogP) is 1.85. The molecule has 0 unspecified atom stereocenters. The Morgan fingerprint density at radius 2 is 2.19 bits per heavy atom. The predicted molar refractivity (Wildman–Crippen MR) is 99.9 cm³/mol. The van der Waals surface area contributed by atoms with Crippen LogP contribution in [0.1, 0.15) is 5.69 Å². The first-order chi connectivity index (χ1) is 12.6. The highest BCUT2D eigenvalue weighted by atomic mass is 35.5. The topological polar surface area (TPSA) is 102 Å². The fraction of sp³-hybridized carbons (Fsp3) is 0.188. The zero-order valence-corrected chi connectivity index (χ0v) is 15.1. The third-order valence-electron chi connectivity index (χ3n) is 3.29. The Hall–Kier alpha value is -2.78. The van der Waals surface area contributed by atoms with Gasteiger partial charge in [-0.1, -0.05) is 11.6 Å². The van der Waals surface area contributed by atoms with Gasteiger partial charge in [0.2, 0.25) is 5.91 Å². The highest BCUT2D eigenvalue weighted by molar-refractivity contribution is 7.13. The number of hydrogen-bond donors (Lipinski definition) is 2. The highest BCUT2D eigenvalue weighted by Gasteiger charge is 2.08. The number of nitrogens with zero attached hydrogens (tertiary/aromatic N) is 4. The van der Waals surface area contributed by atoms with Gasteiger partial charge in [-0.3, -0.25) is 9.59 Å². The van der Waals surface area contributed by atoms with E-state index in [4.69, 9.17) is 11.6 Å². The molecule has 3 rings (SSSR count). The van der Waals surface area contributed by atoms with E-state index in [1.807, 2.05) is 0 Å². The summed E-state index contributed by atoms with van der Waals surface area (Å²) in [4.78, 5) is 32.0. The molecule has 0 spiro atoms. The summed E-state index contributed by atoms with van der Waals surface area (Å²) in [7, 11) is 0. The molecule has 0 aliphatic rings. The van der Waals surface area contributed by atoms with Crippen molar-refractivity contribution in [3.63, 3.8) is 0 Å².